The molecule has 1 aliphatic heterocycles. The SMILES string of the molecule is CC(=O)Nc1ccc(F)c(NC(=O)c2sccc2S(=O)(=O)N2CCCCC2)c1. The Labute approximate surface area is 166 Å². The van der Waals surface area contributed by atoms with Crippen LogP contribution in [0, 0.1) is 5.82 Å². The average Bonchev–Trinajstić information content (AvgIpc) is 3.15. The standard InChI is InChI=1S/C18H20FN3O4S2/c1-12(23)20-13-5-6-14(19)15(11-13)21-18(24)17-16(7-10-27-17)28(25,26)22-8-3-2-4-9-22/h5-7,10-11H,2-4,8-9H2,1H3,(H,20,23)(H,21,24). The lowest BCUT2D eigenvalue weighted by Crippen LogP contribution is -2.36. The minimum Gasteiger partial charge on any atom is -0.326 e. The quantitative estimate of drug-likeness (QED) is 0.769. The van der Waals surface area contributed by atoms with E-state index in [0.29, 0.717) is 18.8 Å². The molecule has 0 unspecified atom stereocenters. The van der Waals surface area contributed by atoms with Crippen LogP contribution < -0.4 is 10.6 Å². The molecule has 150 valence electrons. The van der Waals surface area contributed by atoms with Gasteiger partial charge in [0, 0.05) is 25.7 Å². The van der Waals surface area contributed by atoms with Crippen LogP contribution in [0.2, 0.25) is 0 Å². The molecule has 2 N–H and O–H groups in total. The lowest BCUT2D eigenvalue weighted by atomic mass is 10.2. The molecule has 10 heteroatoms. The molecule has 0 spiro atoms. The molecular formula is C18H20FN3O4S2. The van der Waals surface area contributed by atoms with Gasteiger partial charge in [-0.3, -0.25) is 9.59 Å². The summed E-state index contributed by atoms with van der Waals surface area (Å²) >= 11 is 0.978. The molecular weight excluding hydrogens is 405 g/mol. The zero-order valence-corrected chi connectivity index (χ0v) is 16.8. The highest BCUT2D eigenvalue weighted by atomic mass is 32.2. The van der Waals surface area contributed by atoms with Gasteiger partial charge in [0.15, 0.2) is 0 Å². The molecule has 1 saturated heterocycles. The zero-order chi connectivity index (χ0) is 20.3. The maximum Gasteiger partial charge on any atom is 0.267 e. The van der Waals surface area contributed by atoms with Gasteiger partial charge < -0.3 is 10.6 Å². The van der Waals surface area contributed by atoms with Crippen LogP contribution in [0.25, 0.3) is 0 Å². The van der Waals surface area contributed by atoms with E-state index in [0.717, 1.165) is 36.7 Å². The number of thiophene rings is 1. The summed E-state index contributed by atoms with van der Waals surface area (Å²) in [7, 11) is -3.79. The number of carbonyl (C=O) groups is 2. The predicted molar refractivity (Wildman–Crippen MR) is 106 cm³/mol. The molecule has 28 heavy (non-hydrogen) atoms. The van der Waals surface area contributed by atoms with Gasteiger partial charge in [-0.2, -0.15) is 4.31 Å². The predicted octanol–water partition coefficient (Wildman–Crippen LogP) is 3.27. The van der Waals surface area contributed by atoms with E-state index in [-0.39, 0.29) is 21.4 Å². The molecule has 7 nitrogen and oxygen atoms in total. The van der Waals surface area contributed by atoms with Crippen molar-refractivity contribution >= 4 is 44.5 Å². The maximum atomic E-state index is 14.1. The first-order valence-corrected chi connectivity index (χ1v) is 11.1. The van der Waals surface area contributed by atoms with Gasteiger partial charge in [-0.05, 0) is 42.5 Å². The number of piperidine rings is 1. The highest BCUT2D eigenvalue weighted by molar-refractivity contribution is 7.89. The zero-order valence-electron chi connectivity index (χ0n) is 15.2. The van der Waals surface area contributed by atoms with Crippen LogP contribution in [0.4, 0.5) is 15.8 Å². The van der Waals surface area contributed by atoms with Crippen molar-refractivity contribution in [1.29, 1.82) is 0 Å². The van der Waals surface area contributed by atoms with Gasteiger partial charge in [0.25, 0.3) is 5.91 Å². The van der Waals surface area contributed by atoms with Crippen LogP contribution in [0.5, 0.6) is 0 Å². The third-order valence-electron chi connectivity index (χ3n) is 4.30. The third kappa shape index (κ3) is 4.40. The number of hydrogen-bond donors (Lipinski definition) is 2. The molecule has 0 saturated carbocycles. The van der Waals surface area contributed by atoms with E-state index < -0.39 is 21.7 Å². The summed E-state index contributed by atoms with van der Waals surface area (Å²) in [6, 6.07) is 5.15. The van der Waals surface area contributed by atoms with Crippen LogP contribution in [-0.2, 0) is 14.8 Å². The van der Waals surface area contributed by atoms with Gasteiger partial charge in [0.1, 0.15) is 15.6 Å². The van der Waals surface area contributed by atoms with Gasteiger partial charge in [-0.15, -0.1) is 11.3 Å². The molecule has 1 aromatic carbocycles. The van der Waals surface area contributed by atoms with E-state index in [2.05, 4.69) is 10.6 Å². The lowest BCUT2D eigenvalue weighted by molar-refractivity contribution is -0.114. The highest BCUT2D eigenvalue weighted by Crippen LogP contribution is 2.29. The normalized spacial score (nSPS) is 15.2. The van der Waals surface area contributed by atoms with Crippen molar-refractivity contribution in [3.05, 3.63) is 40.3 Å². The Morgan fingerprint density at radius 3 is 2.50 bits per heavy atom. The van der Waals surface area contributed by atoms with Crippen LogP contribution in [-0.4, -0.2) is 37.6 Å². The van der Waals surface area contributed by atoms with Crippen molar-refractivity contribution in [3.8, 4) is 0 Å². The van der Waals surface area contributed by atoms with E-state index >= 15 is 0 Å². The Balaban J connectivity index is 1.85. The first kappa shape index (κ1) is 20.4. The van der Waals surface area contributed by atoms with Crippen molar-refractivity contribution in [2.24, 2.45) is 0 Å². The van der Waals surface area contributed by atoms with Crippen molar-refractivity contribution in [2.75, 3.05) is 23.7 Å². The Hall–Kier alpha value is -2.30. The fourth-order valence-electron chi connectivity index (χ4n) is 2.99. The summed E-state index contributed by atoms with van der Waals surface area (Å²) in [5.74, 6) is -1.75. The Kier molecular flexibility index (Phi) is 6.11. The lowest BCUT2D eigenvalue weighted by Gasteiger charge is -2.25. The van der Waals surface area contributed by atoms with E-state index in [1.54, 1.807) is 0 Å². The smallest absolute Gasteiger partial charge is 0.267 e. The summed E-state index contributed by atoms with van der Waals surface area (Å²) < 4.78 is 41.3. The number of nitrogens with zero attached hydrogens (tertiary/aromatic N) is 1. The van der Waals surface area contributed by atoms with Gasteiger partial charge in [0.2, 0.25) is 15.9 Å². The number of hydrogen-bond acceptors (Lipinski definition) is 5. The first-order chi connectivity index (χ1) is 13.3. The van der Waals surface area contributed by atoms with Crippen molar-refractivity contribution in [3.63, 3.8) is 0 Å². The second-order valence-electron chi connectivity index (χ2n) is 6.41. The maximum absolute atomic E-state index is 14.1. The van der Waals surface area contributed by atoms with Gasteiger partial charge in [0.05, 0.1) is 5.69 Å². The number of rotatable bonds is 5. The molecule has 2 heterocycles. The number of anilines is 2. The van der Waals surface area contributed by atoms with Crippen LogP contribution in [0.3, 0.4) is 0 Å². The van der Waals surface area contributed by atoms with Gasteiger partial charge in [-0.1, -0.05) is 6.42 Å². The Morgan fingerprint density at radius 1 is 1.11 bits per heavy atom. The fraction of sp³-hybridized carbons (Fsp3) is 0.333. The molecule has 0 radical (unpaired) electrons. The number of carbonyl (C=O) groups excluding carboxylic acids is 2. The van der Waals surface area contributed by atoms with Crippen LogP contribution >= 0.6 is 11.3 Å². The van der Waals surface area contributed by atoms with Crippen molar-refractivity contribution in [1.82, 2.24) is 4.31 Å². The minimum atomic E-state index is -3.79. The van der Waals surface area contributed by atoms with E-state index in [4.69, 9.17) is 0 Å². The summed E-state index contributed by atoms with van der Waals surface area (Å²) in [6.07, 6.45) is 2.55. The summed E-state index contributed by atoms with van der Waals surface area (Å²) in [5.41, 5.74) is 0.169. The molecule has 0 atom stereocenters. The number of halogens is 1. The second kappa shape index (κ2) is 8.38. The van der Waals surface area contributed by atoms with Gasteiger partial charge in [-0.25, -0.2) is 12.8 Å². The molecule has 1 fully saturated rings. The molecule has 0 bridgehead atoms. The largest absolute Gasteiger partial charge is 0.326 e. The summed E-state index contributed by atoms with van der Waals surface area (Å²) in [4.78, 5) is 23.8. The van der Waals surface area contributed by atoms with Crippen molar-refractivity contribution < 1.29 is 22.4 Å². The average molecular weight is 426 g/mol. The first-order valence-electron chi connectivity index (χ1n) is 8.75. The second-order valence-corrected chi connectivity index (χ2v) is 9.23. The molecule has 0 aliphatic carbocycles. The van der Waals surface area contributed by atoms with E-state index in [9.17, 15) is 22.4 Å². The number of sulfonamides is 1. The molecule has 3 rings (SSSR count). The monoisotopic (exact) mass is 425 g/mol. The van der Waals surface area contributed by atoms with E-state index in [1.807, 2.05) is 0 Å². The van der Waals surface area contributed by atoms with Crippen molar-refractivity contribution in [2.45, 2.75) is 31.1 Å². The molecule has 2 amide bonds. The summed E-state index contributed by atoms with van der Waals surface area (Å²) in [5, 5.41) is 6.43. The topological polar surface area (TPSA) is 95.6 Å². The number of amides is 2. The fourth-order valence-corrected chi connectivity index (χ4v) is 5.80. The van der Waals surface area contributed by atoms with Crippen LogP contribution in [0.15, 0.2) is 34.5 Å². The third-order valence-corrected chi connectivity index (χ3v) is 7.29. The Bertz CT molecular complexity index is 998. The minimum absolute atomic E-state index is 0.00472. The van der Waals surface area contributed by atoms with E-state index in [1.165, 1.54) is 34.8 Å². The highest BCUT2D eigenvalue weighted by Gasteiger charge is 2.31. The molecule has 1 aromatic heterocycles. The summed E-state index contributed by atoms with van der Waals surface area (Å²) in [6.45, 7) is 2.16. The Morgan fingerprint density at radius 2 is 1.82 bits per heavy atom. The number of benzene rings is 1. The van der Waals surface area contributed by atoms with Crippen LogP contribution in [0.1, 0.15) is 35.9 Å². The van der Waals surface area contributed by atoms with Gasteiger partial charge >= 0.3 is 0 Å². The molecule has 2 aromatic rings. The molecule has 1 aliphatic rings. The number of nitrogens with one attached hydrogen (secondary N) is 2.